The maximum Gasteiger partial charge on any atom is 0.409 e. The van der Waals surface area contributed by atoms with E-state index in [-0.39, 0.29) is 0 Å². The number of nitrogens with one attached hydrogen (secondary N) is 1. The molecule has 2 aromatic rings. The number of fused-ring (bicyclic) bond motifs is 1. The Morgan fingerprint density at radius 1 is 1.59 bits per heavy atom. The maximum atomic E-state index is 10.6. The number of hydrogen-bond acceptors (Lipinski definition) is 2. The predicted molar refractivity (Wildman–Crippen MR) is 64.0 cm³/mol. The standard InChI is InChI=1S/C12H11N3O2/c1-2-15-7-8(6-13)10-4-3-9(5-11(10)15)14-12(16)17/h3-5,7,14H,2H2,1H3,(H,16,17). The molecule has 0 saturated heterocycles. The summed E-state index contributed by atoms with van der Waals surface area (Å²) in [6.07, 6.45) is 0.675. The Balaban J connectivity index is 2.60. The third-order valence-corrected chi connectivity index (χ3v) is 2.59. The average molecular weight is 229 g/mol. The van der Waals surface area contributed by atoms with E-state index in [0.717, 1.165) is 17.4 Å². The zero-order chi connectivity index (χ0) is 12.4. The van der Waals surface area contributed by atoms with Crippen LogP contribution in [-0.4, -0.2) is 15.8 Å². The summed E-state index contributed by atoms with van der Waals surface area (Å²) in [6.45, 7) is 2.70. The zero-order valence-corrected chi connectivity index (χ0v) is 9.27. The van der Waals surface area contributed by atoms with Gasteiger partial charge >= 0.3 is 6.09 Å². The minimum Gasteiger partial charge on any atom is -0.465 e. The van der Waals surface area contributed by atoms with Crippen molar-refractivity contribution in [3.8, 4) is 6.07 Å². The van der Waals surface area contributed by atoms with Crippen LogP contribution >= 0.6 is 0 Å². The molecule has 0 saturated carbocycles. The van der Waals surface area contributed by atoms with Crippen molar-refractivity contribution in [3.63, 3.8) is 0 Å². The first-order valence-corrected chi connectivity index (χ1v) is 5.18. The number of aryl methyl sites for hydroxylation is 1. The molecule has 17 heavy (non-hydrogen) atoms. The third kappa shape index (κ3) is 1.93. The number of anilines is 1. The molecule has 0 fully saturated rings. The van der Waals surface area contributed by atoms with Gasteiger partial charge in [-0.05, 0) is 25.1 Å². The van der Waals surface area contributed by atoms with Crippen LogP contribution in [-0.2, 0) is 6.54 Å². The van der Waals surface area contributed by atoms with Gasteiger partial charge in [-0.3, -0.25) is 5.32 Å². The molecule has 1 aromatic heterocycles. The van der Waals surface area contributed by atoms with Crippen LogP contribution in [0.1, 0.15) is 12.5 Å². The van der Waals surface area contributed by atoms with Crippen LogP contribution in [0.2, 0.25) is 0 Å². The van der Waals surface area contributed by atoms with Gasteiger partial charge in [0, 0.05) is 23.8 Å². The molecule has 0 bridgehead atoms. The Hall–Kier alpha value is -2.48. The molecular weight excluding hydrogens is 218 g/mol. The third-order valence-electron chi connectivity index (χ3n) is 2.59. The van der Waals surface area contributed by atoms with Crippen molar-refractivity contribution in [3.05, 3.63) is 30.0 Å². The largest absolute Gasteiger partial charge is 0.465 e. The number of nitriles is 1. The highest BCUT2D eigenvalue weighted by atomic mass is 16.4. The molecule has 5 heteroatoms. The Morgan fingerprint density at radius 2 is 2.35 bits per heavy atom. The molecule has 0 aliphatic carbocycles. The maximum absolute atomic E-state index is 10.6. The van der Waals surface area contributed by atoms with E-state index in [4.69, 9.17) is 10.4 Å². The Kier molecular flexibility index (Phi) is 2.71. The van der Waals surface area contributed by atoms with Gasteiger partial charge in [0.2, 0.25) is 0 Å². The van der Waals surface area contributed by atoms with Crippen molar-refractivity contribution in [2.24, 2.45) is 0 Å². The molecule has 1 heterocycles. The molecule has 2 rings (SSSR count). The van der Waals surface area contributed by atoms with E-state index in [1.54, 1.807) is 24.4 Å². The zero-order valence-electron chi connectivity index (χ0n) is 9.27. The summed E-state index contributed by atoms with van der Waals surface area (Å²) in [5, 5.41) is 20.8. The van der Waals surface area contributed by atoms with E-state index in [0.29, 0.717) is 11.3 Å². The summed E-state index contributed by atoms with van der Waals surface area (Å²) >= 11 is 0. The molecule has 86 valence electrons. The van der Waals surface area contributed by atoms with Gasteiger partial charge in [-0.2, -0.15) is 5.26 Å². The van der Waals surface area contributed by atoms with Gasteiger partial charge in [-0.25, -0.2) is 4.79 Å². The lowest BCUT2D eigenvalue weighted by atomic mass is 10.2. The molecule has 0 unspecified atom stereocenters. The Morgan fingerprint density at radius 3 is 2.94 bits per heavy atom. The molecule has 0 aliphatic rings. The van der Waals surface area contributed by atoms with E-state index < -0.39 is 6.09 Å². The van der Waals surface area contributed by atoms with Crippen molar-refractivity contribution in [1.82, 2.24) is 4.57 Å². The second kappa shape index (κ2) is 4.18. The van der Waals surface area contributed by atoms with E-state index in [9.17, 15) is 4.79 Å². The average Bonchev–Trinajstić information content (AvgIpc) is 2.65. The SMILES string of the molecule is CCn1cc(C#N)c2ccc(NC(=O)O)cc21. The van der Waals surface area contributed by atoms with E-state index in [1.165, 1.54) is 0 Å². The fourth-order valence-corrected chi connectivity index (χ4v) is 1.84. The van der Waals surface area contributed by atoms with E-state index in [2.05, 4.69) is 11.4 Å². The predicted octanol–water partition coefficient (Wildman–Crippen LogP) is 2.62. The highest BCUT2D eigenvalue weighted by Crippen LogP contribution is 2.24. The number of hydrogen-bond donors (Lipinski definition) is 2. The number of rotatable bonds is 2. The summed E-state index contributed by atoms with van der Waals surface area (Å²) in [7, 11) is 0. The minimum absolute atomic E-state index is 0.502. The molecule has 0 spiro atoms. The quantitative estimate of drug-likeness (QED) is 0.830. The fourth-order valence-electron chi connectivity index (χ4n) is 1.84. The van der Waals surface area contributed by atoms with Gasteiger partial charge in [0.25, 0.3) is 0 Å². The summed E-state index contributed by atoms with van der Waals surface area (Å²) < 4.78 is 1.92. The first kappa shape index (κ1) is 11.0. The van der Waals surface area contributed by atoms with Gasteiger partial charge in [-0.1, -0.05) is 0 Å². The van der Waals surface area contributed by atoms with Crippen LogP contribution in [0.3, 0.4) is 0 Å². The lowest BCUT2D eigenvalue weighted by Crippen LogP contribution is -2.07. The van der Waals surface area contributed by atoms with E-state index >= 15 is 0 Å². The van der Waals surface area contributed by atoms with Crippen molar-refractivity contribution < 1.29 is 9.90 Å². The molecule has 0 atom stereocenters. The molecule has 0 aliphatic heterocycles. The van der Waals surface area contributed by atoms with Crippen LogP contribution in [0.15, 0.2) is 24.4 Å². The molecular formula is C12H11N3O2. The number of aromatic nitrogens is 1. The molecule has 5 nitrogen and oxygen atoms in total. The topological polar surface area (TPSA) is 78.0 Å². The second-order valence-corrected chi connectivity index (χ2v) is 3.60. The molecule has 1 aromatic carbocycles. The summed E-state index contributed by atoms with van der Waals surface area (Å²) in [6, 6.07) is 7.26. The number of benzene rings is 1. The monoisotopic (exact) mass is 229 g/mol. The van der Waals surface area contributed by atoms with Crippen molar-refractivity contribution in [1.29, 1.82) is 5.26 Å². The second-order valence-electron chi connectivity index (χ2n) is 3.60. The van der Waals surface area contributed by atoms with Gasteiger partial charge in [0.1, 0.15) is 6.07 Å². The molecule has 2 N–H and O–H groups in total. The number of carboxylic acid groups (broad SMARTS) is 1. The number of amides is 1. The first-order valence-electron chi connectivity index (χ1n) is 5.18. The Bertz CT molecular complexity index is 622. The van der Waals surface area contributed by atoms with Gasteiger partial charge < -0.3 is 9.67 Å². The highest BCUT2D eigenvalue weighted by molar-refractivity contribution is 5.92. The van der Waals surface area contributed by atoms with Crippen LogP contribution in [0.4, 0.5) is 10.5 Å². The minimum atomic E-state index is -1.10. The smallest absolute Gasteiger partial charge is 0.409 e. The van der Waals surface area contributed by atoms with Crippen molar-refractivity contribution in [2.75, 3.05) is 5.32 Å². The van der Waals surface area contributed by atoms with Crippen molar-refractivity contribution >= 4 is 22.7 Å². The Labute approximate surface area is 97.9 Å². The van der Waals surface area contributed by atoms with Gasteiger partial charge in [0.15, 0.2) is 0 Å². The summed E-state index contributed by atoms with van der Waals surface area (Å²) in [5.41, 5.74) is 1.96. The van der Waals surface area contributed by atoms with Crippen molar-refractivity contribution in [2.45, 2.75) is 13.5 Å². The molecule has 1 amide bonds. The summed E-state index contributed by atoms with van der Waals surface area (Å²) in [4.78, 5) is 10.6. The first-order chi connectivity index (χ1) is 8.15. The van der Waals surface area contributed by atoms with Crippen LogP contribution in [0.5, 0.6) is 0 Å². The number of nitrogens with zero attached hydrogens (tertiary/aromatic N) is 2. The fraction of sp³-hybridized carbons (Fsp3) is 0.167. The van der Waals surface area contributed by atoms with Gasteiger partial charge in [0.05, 0.1) is 11.1 Å². The van der Waals surface area contributed by atoms with Crippen LogP contribution in [0.25, 0.3) is 10.9 Å². The molecule has 0 radical (unpaired) electrons. The van der Waals surface area contributed by atoms with Crippen LogP contribution < -0.4 is 5.32 Å². The van der Waals surface area contributed by atoms with Gasteiger partial charge in [-0.15, -0.1) is 0 Å². The lowest BCUT2D eigenvalue weighted by molar-refractivity contribution is 0.210. The van der Waals surface area contributed by atoms with Crippen LogP contribution in [0, 0.1) is 11.3 Å². The lowest BCUT2D eigenvalue weighted by Gasteiger charge is -2.03. The summed E-state index contributed by atoms with van der Waals surface area (Å²) in [5.74, 6) is 0. The normalized spacial score (nSPS) is 10.1. The highest BCUT2D eigenvalue weighted by Gasteiger charge is 2.08. The number of carbonyl (C=O) groups is 1. The van der Waals surface area contributed by atoms with E-state index in [1.807, 2.05) is 11.5 Å².